The zero-order chi connectivity index (χ0) is 11.4. The number of nitrogens with two attached hydrogens (primary N) is 1. The summed E-state index contributed by atoms with van der Waals surface area (Å²) < 4.78 is 0. The maximum absolute atomic E-state index is 6.36. The largest absolute Gasteiger partial charge is 0.375 e. The molecule has 88 valence electrons. The van der Waals surface area contributed by atoms with Gasteiger partial charge in [-0.25, -0.2) is 0 Å². The summed E-state index contributed by atoms with van der Waals surface area (Å²) in [7, 11) is 2.15. The molecule has 0 unspecified atom stereocenters. The summed E-state index contributed by atoms with van der Waals surface area (Å²) in [5.74, 6) is 0. The van der Waals surface area contributed by atoms with Crippen LogP contribution in [-0.2, 0) is 0 Å². The second kappa shape index (κ2) is 4.88. The second-order valence-corrected chi connectivity index (χ2v) is 5.08. The third-order valence-corrected chi connectivity index (χ3v) is 3.74. The molecule has 16 heavy (non-hydrogen) atoms. The van der Waals surface area contributed by atoms with Gasteiger partial charge in [0.2, 0.25) is 0 Å². The Balaban J connectivity index is 1.86. The molecule has 0 spiro atoms. The quantitative estimate of drug-likeness (QED) is 0.842. The van der Waals surface area contributed by atoms with Crippen molar-refractivity contribution in [1.82, 2.24) is 0 Å². The first-order valence-corrected chi connectivity index (χ1v) is 6.25. The molecule has 0 radical (unpaired) electrons. The minimum Gasteiger partial charge on any atom is -0.375 e. The van der Waals surface area contributed by atoms with Crippen LogP contribution < -0.4 is 10.6 Å². The highest BCUT2D eigenvalue weighted by molar-refractivity contribution is 5.44. The highest BCUT2D eigenvalue weighted by Crippen LogP contribution is 2.30. The van der Waals surface area contributed by atoms with Gasteiger partial charge in [-0.3, -0.25) is 0 Å². The molecule has 2 nitrogen and oxygen atoms in total. The Labute approximate surface area is 98.4 Å². The van der Waals surface area contributed by atoms with Gasteiger partial charge in [-0.2, -0.15) is 0 Å². The van der Waals surface area contributed by atoms with Gasteiger partial charge in [0.15, 0.2) is 0 Å². The van der Waals surface area contributed by atoms with Crippen LogP contribution in [0.5, 0.6) is 0 Å². The minimum atomic E-state index is 0.114. The van der Waals surface area contributed by atoms with E-state index >= 15 is 0 Å². The van der Waals surface area contributed by atoms with Crippen LogP contribution in [0.3, 0.4) is 0 Å². The smallest absolute Gasteiger partial charge is 0.0363 e. The fraction of sp³-hybridized carbons (Fsp3) is 0.571. The van der Waals surface area contributed by atoms with Crippen molar-refractivity contribution in [3.63, 3.8) is 0 Å². The number of hydrogen-bond acceptors (Lipinski definition) is 2. The molecule has 0 aromatic heterocycles. The molecule has 0 saturated heterocycles. The molecule has 2 N–H and O–H groups in total. The van der Waals surface area contributed by atoms with E-state index in [4.69, 9.17) is 5.73 Å². The third kappa shape index (κ3) is 2.76. The monoisotopic (exact) mass is 218 g/mol. The lowest BCUT2D eigenvalue weighted by molar-refractivity contribution is 0.409. The molecular formula is C14H22N2. The summed E-state index contributed by atoms with van der Waals surface area (Å²) in [4.78, 5) is 2.30. The number of benzene rings is 1. The van der Waals surface area contributed by atoms with Gasteiger partial charge in [0, 0.05) is 24.8 Å². The maximum atomic E-state index is 6.36. The first kappa shape index (κ1) is 11.5. The van der Waals surface area contributed by atoms with Crippen LogP contribution in [0, 0.1) is 0 Å². The summed E-state index contributed by atoms with van der Waals surface area (Å²) in [5, 5.41) is 0. The Morgan fingerprint density at radius 1 is 1.19 bits per heavy atom. The SMILES string of the molecule is CN(CCC1(N)CCCC1)c1ccccc1. The summed E-state index contributed by atoms with van der Waals surface area (Å²) in [6.07, 6.45) is 6.14. The van der Waals surface area contributed by atoms with Crippen molar-refractivity contribution in [3.05, 3.63) is 30.3 Å². The zero-order valence-corrected chi connectivity index (χ0v) is 10.2. The third-order valence-electron chi connectivity index (χ3n) is 3.74. The standard InChI is InChI=1S/C14H22N2/c1-16(13-7-3-2-4-8-13)12-11-14(15)9-5-6-10-14/h2-4,7-8H,5-6,9-12,15H2,1H3. The summed E-state index contributed by atoms with van der Waals surface area (Å²) >= 11 is 0. The second-order valence-electron chi connectivity index (χ2n) is 5.08. The van der Waals surface area contributed by atoms with Gasteiger partial charge in [0.1, 0.15) is 0 Å². The molecule has 1 saturated carbocycles. The van der Waals surface area contributed by atoms with Crippen LogP contribution in [0.15, 0.2) is 30.3 Å². The molecule has 2 rings (SSSR count). The van der Waals surface area contributed by atoms with Crippen molar-refractivity contribution in [2.45, 2.75) is 37.6 Å². The highest BCUT2D eigenvalue weighted by atomic mass is 15.1. The van der Waals surface area contributed by atoms with Crippen molar-refractivity contribution in [3.8, 4) is 0 Å². The summed E-state index contributed by atoms with van der Waals surface area (Å²) in [6, 6.07) is 10.5. The predicted molar refractivity (Wildman–Crippen MR) is 69.7 cm³/mol. The molecule has 1 aliphatic carbocycles. The van der Waals surface area contributed by atoms with Crippen LogP contribution in [0.1, 0.15) is 32.1 Å². The fourth-order valence-electron chi connectivity index (χ4n) is 2.53. The van der Waals surface area contributed by atoms with Gasteiger partial charge in [0.25, 0.3) is 0 Å². The Kier molecular flexibility index (Phi) is 3.49. The van der Waals surface area contributed by atoms with E-state index in [0.29, 0.717) is 0 Å². The van der Waals surface area contributed by atoms with E-state index in [1.807, 2.05) is 0 Å². The van der Waals surface area contributed by atoms with Crippen LogP contribution in [0.2, 0.25) is 0 Å². The van der Waals surface area contributed by atoms with E-state index in [1.165, 1.54) is 31.4 Å². The normalized spacial score (nSPS) is 18.6. The minimum absolute atomic E-state index is 0.114. The number of anilines is 1. The molecular weight excluding hydrogens is 196 g/mol. The maximum Gasteiger partial charge on any atom is 0.0363 e. The predicted octanol–water partition coefficient (Wildman–Crippen LogP) is 2.78. The number of rotatable bonds is 4. The van der Waals surface area contributed by atoms with Gasteiger partial charge in [-0.15, -0.1) is 0 Å². The van der Waals surface area contributed by atoms with Crippen molar-refractivity contribution < 1.29 is 0 Å². The molecule has 0 bridgehead atoms. The van der Waals surface area contributed by atoms with Gasteiger partial charge in [-0.05, 0) is 31.4 Å². The topological polar surface area (TPSA) is 29.3 Å². The highest BCUT2D eigenvalue weighted by Gasteiger charge is 2.28. The molecule has 0 aliphatic heterocycles. The average molecular weight is 218 g/mol. The van der Waals surface area contributed by atoms with Crippen LogP contribution >= 0.6 is 0 Å². The number of nitrogens with zero attached hydrogens (tertiary/aromatic N) is 1. The first-order chi connectivity index (χ1) is 7.70. The summed E-state index contributed by atoms with van der Waals surface area (Å²) in [5.41, 5.74) is 7.75. The van der Waals surface area contributed by atoms with Crippen molar-refractivity contribution >= 4 is 5.69 Å². The van der Waals surface area contributed by atoms with Gasteiger partial charge >= 0.3 is 0 Å². The van der Waals surface area contributed by atoms with E-state index in [0.717, 1.165) is 13.0 Å². The number of para-hydroxylation sites is 1. The lowest BCUT2D eigenvalue weighted by atomic mass is 9.94. The molecule has 1 aliphatic rings. The zero-order valence-electron chi connectivity index (χ0n) is 10.2. The van der Waals surface area contributed by atoms with Crippen molar-refractivity contribution in [1.29, 1.82) is 0 Å². The Morgan fingerprint density at radius 2 is 1.81 bits per heavy atom. The van der Waals surface area contributed by atoms with Crippen molar-refractivity contribution in [2.75, 3.05) is 18.5 Å². The Bertz CT molecular complexity index is 315. The molecule has 0 atom stereocenters. The average Bonchev–Trinajstić information content (AvgIpc) is 2.75. The Hall–Kier alpha value is -1.02. The van der Waals surface area contributed by atoms with E-state index in [2.05, 4.69) is 42.3 Å². The number of hydrogen-bond donors (Lipinski definition) is 1. The van der Waals surface area contributed by atoms with Gasteiger partial charge < -0.3 is 10.6 Å². The van der Waals surface area contributed by atoms with E-state index in [1.54, 1.807) is 0 Å². The molecule has 1 fully saturated rings. The molecule has 0 amide bonds. The lowest BCUT2D eigenvalue weighted by Gasteiger charge is -2.27. The van der Waals surface area contributed by atoms with Crippen LogP contribution in [0.4, 0.5) is 5.69 Å². The van der Waals surface area contributed by atoms with Crippen molar-refractivity contribution in [2.24, 2.45) is 5.73 Å². The lowest BCUT2D eigenvalue weighted by Crippen LogP contribution is -2.39. The fourth-order valence-corrected chi connectivity index (χ4v) is 2.53. The molecule has 1 aromatic rings. The van der Waals surface area contributed by atoms with E-state index < -0.39 is 0 Å². The summed E-state index contributed by atoms with van der Waals surface area (Å²) in [6.45, 7) is 1.06. The molecule has 1 aromatic carbocycles. The molecule has 0 heterocycles. The van der Waals surface area contributed by atoms with E-state index in [-0.39, 0.29) is 5.54 Å². The van der Waals surface area contributed by atoms with Gasteiger partial charge in [0.05, 0.1) is 0 Å². The first-order valence-electron chi connectivity index (χ1n) is 6.25. The molecule has 2 heteroatoms. The van der Waals surface area contributed by atoms with Crippen LogP contribution in [-0.4, -0.2) is 19.1 Å². The van der Waals surface area contributed by atoms with Gasteiger partial charge in [-0.1, -0.05) is 31.0 Å². The van der Waals surface area contributed by atoms with Crippen LogP contribution in [0.25, 0.3) is 0 Å². The Morgan fingerprint density at radius 3 is 2.44 bits per heavy atom. The van der Waals surface area contributed by atoms with E-state index in [9.17, 15) is 0 Å².